The van der Waals surface area contributed by atoms with Crippen molar-refractivity contribution >= 4 is 21.6 Å². The molecule has 0 unspecified atom stereocenters. The van der Waals surface area contributed by atoms with Crippen LogP contribution in [0, 0.1) is 13.8 Å². The van der Waals surface area contributed by atoms with Gasteiger partial charge in [0.25, 0.3) is 5.91 Å². The Labute approximate surface area is 129 Å². The maximum absolute atomic E-state index is 12.1. The van der Waals surface area contributed by atoms with Gasteiger partial charge < -0.3 is 9.73 Å². The third-order valence-electron chi connectivity index (χ3n) is 3.09. The van der Waals surface area contributed by atoms with Crippen LogP contribution in [0.1, 0.15) is 21.9 Å². The van der Waals surface area contributed by atoms with Gasteiger partial charge in [-0.1, -0.05) is 6.07 Å². The predicted octanol–water partition coefficient (Wildman–Crippen LogP) is 1.79. The van der Waals surface area contributed by atoms with Crippen LogP contribution >= 0.6 is 0 Å². The van der Waals surface area contributed by atoms with Crippen LogP contribution < -0.4 is 5.32 Å². The molecule has 1 heterocycles. The van der Waals surface area contributed by atoms with Crippen molar-refractivity contribution in [3.05, 3.63) is 41.6 Å². The molecule has 1 aromatic heterocycles. The molecule has 8 heteroatoms. The number of rotatable bonds is 4. The van der Waals surface area contributed by atoms with Crippen molar-refractivity contribution in [1.29, 1.82) is 0 Å². The maximum atomic E-state index is 12.1. The zero-order chi connectivity index (χ0) is 16.5. The van der Waals surface area contributed by atoms with Crippen molar-refractivity contribution in [1.82, 2.24) is 9.29 Å². The molecule has 0 spiro atoms. The Kier molecular flexibility index (Phi) is 4.34. The number of hydrogen-bond donors (Lipinski definition) is 1. The number of aryl methyl sites for hydroxylation is 2. The molecular weight excluding hydrogens is 306 g/mol. The van der Waals surface area contributed by atoms with Gasteiger partial charge in [-0.25, -0.2) is 17.7 Å². The summed E-state index contributed by atoms with van der Waals surface area (Å²) >= 11 is 0. The van der Waals surface area contributed by atoms with Gasteiger partial charge in [-0.2, -0.15) is 0 Å². The van der Waals surface area contributed by atoms with Gasteiger partial charge in [0.2, 0.25) is 10.0 Å². The fraction of sp³-hybridized carbons (Fsp3) is 0.286. The molecule has 22 heavy (non-hydrogen) atoms. The molecule has 0 aliphatic carbocycles. The summed E-state index contributed by atoms with van der Waals surface area (Å²) in [6.07, 6.45) is 1.25. The molecule has 118 valence electrons. The molecule has 0 radical (unpaired) electrons. The first-order chi connectivity index (χ1) is 10.2. The zero-order valence-electron chi connectivity index (χ0n) is 12.7. The molecule has 0 bridgehead atoms. The Morgan fingerprint density at radius 3 is 2.50 bits per heavy atom. The monoisotopic (exact) mass is 323 g/mol. The van der Waals surface area contributed by atoms with Gasteiger partial charge in [-0.15, -0.1) is 0 Å². The number of nitrogens with one attached hydrogen (secondary N) is 1. The standard InChI is InChI=1S/C14H17N3O4S/c1-9-5-6-11(22(19,20)17(3)4)7-12(9)16-14(18)13-8-21-10(2)15-13/h5-8H,1-4H3,(H,16,18). The number of oxazole rings is 1. The van der Waals surface area contributed by atoms with E-state index in [4.69, 9.17) is 4.42 Å². The molecule has 1 N–H and O–H groups in total. The fourth-order valence-electron chi connectivity index (χ4n) is 1.76. The number of amides is 1. The van der Waals surface area contributed by atoms with Crippen LogP contribution in [0.3, 0.4) is 0 Å². The normalized spacial score (nSPS) is 11.7. The molecule has 7 nitrogen and oxygen atoms in total. The third-order valence-corrected chi connectivity index (χ3v) is 4.90. The lowest BCUT2D eigenvalue weighted by Crippen LogP contribution is -2.22. The minimum atomic E-state index is -3.56. The fourth-order valence-corrected chi connectivity index (χ4v) is 2.69. The average Bonchev–Trinajstić information content (AvgIpc) is 2.87. The average molecular weight is 323 g/mol. The highest BCUT2D eigenvalue weighted by atomic mass is 32.2. The Morgan fingerprint density at radius 2 is 1.95 bits per heavy atom. The highest BCUT2D eigenvalue weighted by Gasteiger charge is 2.19. The van der Waals surface area contributed by atoms with E-state index in [1.807, 2.05) is 0 Å². The van der Waals surface area contributed by atoms with Crippen molar-refractivity contribution in [2.45, 2.75) is 18.7 Å². The maximum Gasteiger partial charge on any atom is 0.277 e. The summed E-state index contributed by atoms with van der Waals surface area (Å²) in [5.41, 5.74) is 1.29. The molecule has 0 aliphatic rings. The summed E-state index contributed by atoms with van der Waals surface area (Å²) in [6, 6.07) is 4.57. The van der Waals surface area contributed by atoms with Crippen molar-refractivity contribution in [2.75, 3.05) is 19.4 Å². The third kappa shape index (κ3) is 3.18. The molecule has 0 saturated heterocycles. The molecule has 2 aromatic rings. The van der Waals surface area contributed by atoms with Gasteiger partial charge in [0, 0.05) is 26.7 Å². The Bertz CT molecular complexity index is 809. The second-order valence-electron chi connectivity index (χ2n) is 4.97. The van der Waals surface area contributed by atoms with E-state index in [0.29, 0.717) is 11.6 Å². The lowest BCUT2D eigenvalue weighted by molar-refractivity contribution is 0.102. The molecule has 0 saturated carbocycles. The first-order valence-electron chi connectivity index (χ1n) is 6.48. The van der Waals surface area contributed by atoms with Gasteiger partial charge in [0.15, 0.2) is 11.6 Å². The number of aromatic nitrogens is 1. The minimum absolute atomic E-state index is 0.106. The number of carbonyl (C=O) groups excluding carboxylic acids is 1. The Hall–Kier alpha value is -2.19. The molecule has 2 rings (SSSR count). The lowest BCUT2D eigenvalue weighted by Gasteiger charge is -2.14. The van der Waals surface area contributed by atoms with E-state index in [0.717, 1.165) is 9.87 Å². The SMILES string of the molecule is Cc1nc(C(=O)Nc2cc(S(=O)(=O)N(C)C)ccc2C)co1. The van der Waals surface area contributed by atoms with Crippen molar-refractivity contribution < 1.29 is 17.6 Å². The van der Waals surface area contributed by atoms with Crippen LogP contribution in [0.2, 0.25) is 0 Å². The predicted molar refractivity (Wildman–Crippen MR) is 81.2 cm³/mol. The van der Waals surface area contributed by atoms with E-state index in [1.54, 1.807) is 19.9 Å². The Balaban J connectivity index is 2.34. The van der Waals surface area contributed by atoms with E-state index in [2.05, 4.69) is 10.3 Å². The summed E-state index contributed by atoms with van der Waals surface area (Å²) in [5.74, 6) is -0.0786. The van der Waals surface area contributed by atoms with Crippen LogP contribution in [0.5, 0.6) is 0 Å². The summed E-state index contributed by atoms with van der Waals surface area (Å²) in [7, 11) is -0.665. The summed E-state index contributed by atoms with van der Waals surface area (Å²) < 4.78 is 30.4. The quantitative estimate of drug-likeness (QED) is 0.926. The molecule has 0 atom stereocenters. The highest BCUT2D eigenvalue weighted by Crippen LogP contribution is 2.22. The van der Waals surface area contributed by atoms with Gasteiger partial charge in [-0.3, -0.25) is 4.79 Å². The number of anilines is 1. The lowest BCUT2D eigenvalue weighted by atomic mass is 10.2. The van der Waals surface area contributed by atoms with E-state index in [9.17, 15) is 13.2 Å². The van der Waals surface area contributed by atoms with Crippen molar-refractivity contribution in [2.24, 2.45) is 0 Å². The van der Waals surface area contributed by atoms with Gasteiger partial charge in [0.05, 0.1) is 4.90 Å². The van der Waals surface area contributed by atoms with E-state index >= 15 is 0 Å². The zero-order valence-corrected chi connectivity index (χ0v) is 13.6. The summed E-state index contributed by atoms with van der Waals surface area (Å²) in [4.78, 5) is 16.1. The molecular formula is C14H17N3O4S. The van der Waals surface area contributed by atoms with E-state index in [1.165, 1.54) is 32.5 Å². The van der Waals surface area contributed by atoms with E-state index in [-0.39, 0.29) is 10.6 Å². The molecule has 0 fully saturated rings. The van der Waals surface area contributed by atoms with Crippen LogP contribution in [-0.4, -0.2) is 37.7 Å². The summed E-state index contributed by atoms with van der Waals surface area (Å²) in [6.45, 7) is 3.40. The first kappa shape index (κ1) is 16.2. The topological polar surface area (TPSA) is 92.5 Å². The second kappa shape index (κ2) is 5.90. The van der Waals surface area contributed by atoms with Gasteiger partial charge in [-0.05, 0) is 24.6 Å². The van der Waals surface area contributed by atoms with Crippen LogP contribution in [-0.2, 0) is 10.0 Å². The second-order valence-corrected chi connectivity index (χ2v) is 7.12. The van der Waals surface area contributed by atoms with Crippen molar-refractivity contribution in [3.63, 3.8) is 0 Å². The minimum Gasteiger partial charge on any atom is -0.448 e. The number of nitrogens with zero attached hydrogens (tertiary/aromatic N) is 2. The van der Waals surface area contributed by atoms with Crippen LogP contribution in [0.15, 0.2) is 33.8 Å². The first-order valence-corrected chi connectivity index (χ1v) is 7.92. The number of carbonyl (C=O) groups is 1. The number of benzene rings is 1. The number of sulfonamides is 1. The summed E-state index contributed by atoms with van der Waals surface area (Å²) in [5, 5.41) is 2.65. The Morgan fingerprint density at radius 1 is 1.27 bits per heavy atom. The smallest absolute Gasteiger partial charge is 0.277 e. The van der Waals surface area contributed by atoms with Gasteiger partial charge >= 0.3 is 0 Å². The van der Waals surface area contributed by atoms with Crippen LogP contribution in [0.4, 0.5) is 5.69 Å². The molecule has 1 aromatic carbocycles. The largest absolute Gasteiger partial charge is 0.448 e. The highest BCUT2D eigenvalue weighted by molar-refractivity contribution is 7.89. The number of hydrogen-bond acceptors (Lipinski definition) is 5. The van der Waals surface area contributed by atoms with E-state index < -0.39 is 15.9 Å². The van der Waals surface area contributed by atoms with Gasteiger partial charge in [0.1, 0.15) is 6.26 Å². The van der Waals surface area contributed by atoms with Crippen LogP contribution in [0.25, 0.3) is 0 Å². The molecule has 1 amide bonds. The van der Waals surface area contributed by atoms with Crippen molar-refractivity contribution in [3.8, 4) is 0 Å². The molecule has 0 aliphatic heterocycles.